The van der Waals surface area contributed by atoms with Crippen LogP contribution in [-0.4, -0.2) is 36.7 Å². The second-order valence-corrected chi connectivity index (χ2v) is 6.10. The summed E-state index contributed by atoms with van der Waals surface area (Å²) in [6.45, 7) is 8.60. The zero-order chi connectivity index (χ0) is 12.4. The summed E-state index contributed by atoms with van der Waals surface area (Å²) in [6.07, 6.45) is 11.6. The molecule has 17 heavy (non-hydrogen) atoms. The van der Waals surface area contributed by atoms with Crippen molar-refractivity contribution in [3.63, 3.8) is 0 Å². The maximum Gasteiger partial charge on any atom is 0.0657 e. The third-order valence-corrected chi connectivity index (χ3v) is 4.64. The van der Waals surface area contributed by atoms with E-state index >= 15 is 0 Å². The van der Waals surface area contributed by atoms with Gasteiger partial charge in [0, 0.05) is 13.2 Å². The number of rotatable bonds is 2. The Morgan fingerprint density at radius 3 is 2.94 bits per heavy atom. The van der Waals surface area contributed by atoms with Gasteiger partial charge in [0.2, 0.25) is 0 Å². The van der Waals surface area contributed by atoms with Gasteiger partial charge < -0.3 is 4.74 Å². The first-order valence-corrected chi connectivity index (χ1v) is 6.91. The molecule has 0 aromatic rings. The lowest BCUT2D eigenvalue weighted by Gasteiger charge is -2.50. The molecule has 0 aliphatic carbocycles. The summed E-state index contributed by atoms with van der Waals surface area (Å²) in [7, 11) is 0. The predicted molar refractivity (Wildman–Crippen MR) is 70.8 cm³/mol. The molecule has 0 bridgehead atoms. The van der Waals surface area contributed by atoms with Crippen molar-refractivity contribution in [3.8, 4) is 12.3 Å². The van der Waals surface area contributed by atoms with E-state index in [-0.39, 0.29) is 5.60 Å². The molecular formula is C15H25NO. The summed E-state index contributed by atoms with van der Waals surface area (Å²) in [4.78, 5) is 2.45. The van der Waals surface area contributed by atoms with E-state index in [1.54, 1.807) is 0 Å². The second kappa shape index (κ2) is 5.00. The summed E-state index contributed by atoms with van der Waals surface area (Å²) in [5, 5.41) is 0. The van der Waals surface area contributed by atoms with E-state index in [1.807, 2.05) is 0 Å². The number of likely N-dealkylation sites (tertiary alicyclic amines) is 1. The highest BCUT2D eigenvalue weighted by atomic mass is 16.5. The fourth-order valence-corrected chi connectivity index (χ4v) is 3.60. The summed E-state index contributed by atoms with van der Waals surface area (Å²) >= 11 is 0. The largest absolute Gasteiger partial charge is 0.375 e. The zero-order valence-corrected chi connectivity index (χ0v) is 11.3. The Hall–Kier alpha value is -0.520. The van der Waals surface area contributed by atoms with Gasteiger partial charge in [-0.3, -0.25) is 4.90 Å². The molecule has 0 unspecified atom stereocenters. The number of hydrogen-bond donors (Lipinski definition) is 0. The van der Waals surface area contributed by atoms with E-state index in [9.17, 15) is 0 Å². The fourth-order valence-electron chi connectivity index (χ4n) is 3.60. The van der Waals surface area contributed by atoms with E-state index in [4.69, 9.17) is 11.2 Å². The van der Waals surface area contributed by atoms with Gasteiger partial charge >= 0.3 is 0 Å². The molecule has 0 N–H and O–H groups in total. The number of hydrogen-bond acceptors (Lipinski definition) is 2. The Kier molecular flexibility index (Phi) is 3.80. The van der Waals surface area contributed by atoms with Gasteiger partial charge in [-0.05, 0) is 51.0 Å². The van der Waals surface area contributed by atoms with Gasteiger partial charge in [-0.2, -0.15) is 0 Å². The first-order chi connectivity index (χ1) is 8.11. The van der Waals surface area contributed by atoms with Crippen LogP contribution in [-0.2, 0) is 4.74 Å². The fraction of sp³-hybridized carbons (Fsp3) is 0.867. The van der Waals surface area contributed by atoms with Gasteiger partial charge in [0.15, 0.2) is 0 Å². The van der Waals surface area contributed by atoms with Crippen LogP contribution >= 0.6 is 0 Å². The number of ether oxygens (including phenoxy) is 1. The Bertz CT molecular complexity index is 305. The maximum absolute atomic E-state index is 5.98. The van der Waals surface area contributed by atoms with Crippen molar-refractivity contribution in [1.29, 1.82) is 0 Å². The molecule has 2 heteroatoms. The molecule has 2 atom stereocenters. The molecule has 2 rings (SSSR count). The van der Waals surface area contributed by atoms with Crippen LogP contribution in [0.15, 0.2) is 0 Å². The number of piperidine rings is 1. The van der Waals surface area contributed by atoms with Gasteiger partial charge in [0.05, 0.1) is 12.1 Å². The average molecular weight is 235 g/mol. The highest BCUT2D eigenvalue weighted by Gasteiger charge is 2.44. The third-order valence-electron chi connectivity index (χ3n) is 4.64. The molecule has 2 heterocycles. The molecule has 0 amide bonds. The molecule has 2 nitrogen and oxygen atoms in total. The molecule has 0 radical (unpaired) electrons. The van der Waals surface area contributed by atoms with Gasteiger partial charge in [0.1, 0.15) is 0 Å². The minimum Gasteiger partial charge on any atom is -0.375 e. The smallest absolute Gasteiger partial charge is 0.0657 e. The van der Waals surface area contributed by atoms with Crippen LogP contribution < -0.4 is 0 Å². The molecule has 1 spiro atoms. The monoisotopic (exact) mass is 235 g/mol. The normalized spacial score (nSPS) is 39.1. The predicted octanol–water partition coefficient (Wildman–Crippen LogP) is 2.68. The van der Waals surface area contributed by atoms with Crippen LogP contribution in [0.5, 0.6) is 0 Å². The second-order valence-electron chi connectivity index (χ2n) is 6.10. The molecule has 96 valence electrons. The van der Waals surface area contributed by atoms with Gasteiger partial charge in [-0.25, -0.2) is 0 Å². The van der Waals surface area contributed by atoms with E-state index in [0.29, 0.717) is 5.41 Å². The van der Waals surface area contributed by atoms with Gasteiger partial charge in [0.25, 0.3) is 0 Å². The SMILES string of the molecule is C#CCN1CCC[C@]2(CCO[C@@](C)(CC)C2)C1. The number of terminal acetylenes is 1. The topological polar surface area (TPSA) is 12.5 Å². The molecule has 2 saturated heterocycles. The van der Waals surface area contributed by atoms with Gasteiger partial charge in [-0.1, -0.05) is 12.8 Å². The Balaban J connectivity index is 2.05. The molecular weight excluding hydrogens is 210 g/mol. The van der Waals surface area contributed by atoms with Crippen LogP contribution in [0.4, 0.5) is 0 Å². The highest BCUT2D eigenvalue weighted by Crippen LogP contribution is 2.45. The van der Waals surface area contributed by atoms with E-state index in [1.165, 1.54) is 38.8 Å². The average Bonchev–Trinajstić information content (AvgIpc) is 2.29. The summed E-state index contributed by atoms with van der Waals surface area (Å²) < 4.78 is 5.98. The minimum atomic E-state index is 0.0946. The lowest BCUT2D eigenvalue weighted by atomic mass is 9.68. The van der Waals surface area contributed by atoms with Crippen molar-refractivity contribution in [2.24, 2.45) is 5.41 Å². The Morgan fingerprint density at radius 1 is 1.41 bits per heavy atom. The lowest BCUT2D eigenvalue weighted by Crippen LogP contribution is -2.51. The lowest BCUT2D eigenvalue weighted by molar-refractivity contribution is -0.132. The Morgan fingerprint density at radius 2 is 2.24 bits per heavy atom. The summed E-state index contributed by atoms with van der Waals surface area (Å²) in [5.41, 5.74) is 0.565. The zero-order valence-electron chi connectivity index (χ0n) is 11.3. The summed E-state index contributed by atoms with van der Waals surface area (Å²) in [6, 6.07) is 0. The molecule has 2 fully saturated rings. The maximum atomic E-state index is 5.98. The first-order valence-electron chi connectivity index (χ1n) is 6.91. The minimum absolute atomic E-state index is 0.0946. The van der Waals surface area contributed by atoms with Crippen molar-refractivity contribution in [3.05, 3.63) is 0 Å². The van der Waals surface area contributed by atoms with Crippen LogP contribution in [0.3, 0.4) is 0 Å². The van der Waals surface area contributed by atoms with E-state index in [0.717, 1.165) is 19.6 Å². The third kappa shape index (κ3) is 2.84. The Labute approximate surface area is 106 Å². The number of nitrogens with zero attached hydrogens (tertiary/aromatic N) is 1. The van der Waals surface area contributed by atoms with Crippen molar-refractivity contribution in [1.82, 2.24) is 4.90 Å². The van der Waals surface area contributed by atoms with Crippen molar-refractivity contribution < 1.29 is 4.74 Å². The van der Waals surface area contributed by atoms with Crippen LogP contribution in [0, 0.1) is 17.8 Å². The molecule has 0 aromatic heterocycles. The van der Waals surface area contributed by atoms with Crippen LogP contribution in [0.25, 0.3) is 0 Å². The molecule has 0 aromatic carbocycles. The molecule has 0 saturated carbocycles. The van der Waals surface area contributed by atoms with Crippen molar-refractivity contribution >= 4 is 0 Å². The van der Waals surface area contributed by atoms with Crippen molar-refractivity contribution in [2.75, 3.05) is 26.2 Å². The van der Waals surface area contributed by atoms with Gasteiger partial charge in [-0.15, -0.1) is 6.42 Å². The van der Waals surface area contributed by atoms with E-state index in [2.05, 4.69) is 24.7 Å². The quantitative estimate of drug-likeness (QED) is 0.682. The molecule has 2 aliphatic heterocycles. The highest BCUT2D eigenvalue weighted by molar-refractivity contribution is 4.98. The molecule has 2 aliphatic rings. The van der Waals surface area contributed by atoms with Crippen LogP contribution in [0.2, 0.25) is 0 Å². The summed E-state index contributed by atoms with van der Waals surface area (Å²) in [5.74, 6) is 2.79. The van der Waals surface area contributed by atoms with Crippen LogP contribution in [0.1, 0.15) is 46.0 Å². The van der Waals surface area contributed by atoms with E-state index < -0.39 is 0 Å². The standard InChI is InChI=1S/C15H25NO/c1-4-9-16-10-6-7-15(13-16)8-11-17-14(3,5-2)12-15/h1H,5-13H2,2-3H3/t14-,15+/m0/s1. The van der Waals surface area contributed by atoms with Crippen molar-refractivity contribution in [2.45, 2.75) is 51.6 Å². The first kappa shape index (κ1) is 12.9.